The molecule has 0 aromatic heterocycles. The highest BCUT2D eigenvalue weighted by Crippen LogP contribution is 2.19. The smallest absolute Gasteiger partial charge is 0.415 e. The summed E-state index contributed by atoms with van der Waals surface area (Å²) in [5.41, 5.74) is 1.33. The summed E-state index contributed by atoms with van der Waals surface area (Å²) in [5, 5.41) is 0. The van der Waals surface area contributed by atoms with Gasteiger partial charge in [0.05, 0.1) is 20.3 Å². The molecule has 0 atom stereocenters. The predicted molar refractivity (Wildman–Crippen MR) is 101 cm³/mol. The zero-order valence-electron chi connectivity index (χ0n) is 15.1. The highest BCUT2D eigenvalue weighted by molar-refractivity contribution is 6.07. The van der Waals surface area contributed by atoms with E-state index in [1.54, 1.807) is 42.4 Å². The Morgan fingerprint density at radius 3 is 2.44 bits per heavy atom. The van der Waals surface area contributed by atoms with Gasteiger partial charge >= 0.3 is 6.09 Å². The largest absolute Gasteiger partial charge is 0.496 e. The topological polar surface area (TPSA) is 65.1 Å². The van der Waals surface area contributed by atoms with E-state index < -0.39 is 6.09 Å². The number of nitrogens with zero attached hydrogens (tertiary/aromatic N) is 1. The average Bonchev–Trinajstić information content (AvgIpc) is 2.73. The number of amides is 1. The molecule has 0 unspecified atom stereocenters. The number of hydrogen-bond acceptors (Lipinski definition) is 5. The molecule has 0 N–H and O–H groups in total. The molecule has 0 spiro atoms. The zero-order valence-corrected chi connectivity index (χ0v) is 15.1. The predicted octanol–water partition coefficient (Wildman–Crippen LogP) is 3.42. The molecule has 0 bridgehead atoms. The number of morpholine rings is 1. The number of methoxy groups -OCH3 is 1. The van der Waals surface area contributed by atoms with Crippen LogP contribution >= 0.6 is 0 Å². The van der Waals surface area contributed by atoms with Crippen LogP contribution in [0.2, 0.25) is 0 Å². The minimum atomic E-state index is -0.409. The van der Waals surface area contributed by atoms with Crippen LogP contribution in [0.25, 0.3) is 6.08 Å². The Morgan fingerprint density at radius 2 is 1.74 bits per heavy atom. The third kappa shape index (κ3) is 4.95. The van der Waals surface area contributed by atoms with Crippen LogP contribution in [0.15, 0.2) is 54.6 Å². The van der Waals surface area contributed by atoms with Crippen LogP contribution in [0.4, 0.5) is 4.79 Å². The summed E-state index contributed by atoms with van der Waals surface area (Å²) >= 11 is 0. The molecule has 6 heteroatoms. The fraction of sp³-hybridized carbons (Fsp3) is 0.238. The molecule has 2 aromatic carbocycles. The maximum Gasteiger partial charge on any atom is 0.415 e. The summed E-state index contributed by atoms with van der Waals surface area (Å²) in [5.74, 6) is 0.954. The second kappa shape index (κ2) is 9.00. The van der Waals surface area contributed by atoms with E-state index in [4.69, 9.17) is 14.2 Å². The van der Waals surface area contributed by atoms with E-state index in [1.165, 1.54) is 6.08 Å². The van der Waals surface area contributed by atoms with E-state index in [9.17, 15) is 9.59 Å². The molecular formula is C21H21NO5. The Kier molecular flexibility index (Phi) is 6.22. The maximum absolute atomic E-state index is 12.3. The standard InChI is InChI=1S/C21H21NO5/c1-25-20-5-3-2-4-17(20)8-11-19(23)16-6-9-18(10-7-16)27-21(24)22-12-14-26-15-13-22/h2-11H,12-15H2,1H3/b11-8+. The second-order valence-corrected chi connectivity index (χ2v) is 5.93. The molecule has 3 rings (SSSR count). The van der Waals surface area contributed by atoms with Gasteiger partial charge in [0.1, 0.15) is 11.5 Å². The van der Waals surface area contributed by atoms with Gasteiger partial charge in [0, 0.05) is 24.2 Å². The molecular weight excluding hydrogens is 346 g/mol. The van der Waals surface area contributed by atoms with Gasteiger partial charge in [0.15, 0.2) is 5.78 Å². The van der Waals surface area contributed by atoms with E-state index in [0.29, 0.717) is 43.4 Å². The number of allylic oxidation sites excluding steroid dienone is 1. The van der Waals surface area contributed by atoms with E-state index in [0.717, 1.165) is 5.56 Å². The van der Waals surface area contributed by atoms with E-state index in [-0.39, 0.29) is 5.78 Å². The average molecular weight is 367 g/mol. The van der Waals surface area contributed by atoms with Gasteiger partial charge in [0.25, 0.3) is 0 Å². The SMILES string of the molecule is COc1ccccc1/C=C/C(=O)c1ccc(OC(=O)N2CCOCC2)cc1. The summed E-state index contributed by atoms with van der Waals surface area (Å²) in [7, 11) is 1.59. The number of para-hydroxylation sites is 1. The monoisotopic (exact) mass is 367 g/mol. The summed E-state index contributed by atoms with van der Waals surface area (Å²) in [4.78, 5) is 26.0. The van der Waals surface area contributed by atoms with Gasteiger partial charge in [-0.2, -0.15) is 0 Å². The quantitative estimate of drug-likeness (QED) is 0.598. The van der Waals surface area contributed by atoms with E-state index in [1.807, 2.05) is 24.3 Å². The van der Waals surface area contributed by atoms with Gasteiger partial charge in [-0.25, -0.2) is 4.79 Å². The molecule has 0 aliphatic carbocycles. The number of carbonyl (C=O) groups is 2. The molecule has 0 saturated carbocycles. The highest BCUT2D eigenvalue weighted by Gasteiger charge is 2.18. The van der Waals surface area contributed by atoms with Gasteiger partial charge < -0.3 is 19.1 Å². The summed E-state index contributed by atoms with van der Waals surface area (Å²) in [6.45, 7) is 2.06. The van der Waals surface area contributed by atoms with Crippen molar-refractivity contribution < 1.29 is 23.8 Å². The number of benzene rings is 2. The van der Waals surface area contributed by atoms with Gasteiger partial charge in [-0.15, -0.1) is 0 Å². The van der Waals surface area contributed by atoms with Crippen LogP contribution in [-0.2, 0) is 4.74 Å². The van der Waals surface area contributed by atoms with Crippen LogP contribution in [-0.4, -0.2) is 50.2 Å². The van der Waals surface area contributed by atoms with Crippen molar-refractivity contribution in [1.29, 1.82) is 0 Å². The Labute approximate surface area is 158 Å². The number of hydrogen-bond donors (Lipinski definition) is 0. The Morgan fingerprint density at radius 1 is 1.04 bits per heavy atom. The van der Waals surface area contributed by atoms with Crippen molar-refractivity contribution in [2.45, 2.75) is 0 Å². The van der Waals surface area contributed by atoms with Crippen LogP contribution in [0.1, 0.15) is 15.9 Å². The molecule has 1 saturated heterocycles. The molecule has 0 radical (unpaired) electrons. The molecule has 1 aliphatic heterocycles. The number of rotatable bonds is 5. The first kappa shape index (κ1) is 18.7. The van der Waals surface area contributed by atoms with Crippen LogP contribution in [0.3, 0.4) is 0 Å². The summed E-state index contributed by atoms with van der Waals surface area (Å²) in [6.07, 6.45) is 2.80. The molecule has 1 aliphatic rings. The van der Waals surface area contributed by atoms with Crippen molar-refractivity contribution in [3.8, 4) is 11.5 Å². The van der Waals surface area contributed by atoms with Crippen molar-refractivity contribution in [3.63, 3.8) is 0 Å². The Bertz CT molecular complexity index is 823. The highest BCUT2D eigenvalue weighted by atomic mass is 16.6. The summed E-state index contributed by atoms with van der Waals surface area (Å²) in [6, 6.07) is 14.0. The first-order valence-corrected chi connectivity index (χ1v) is 8.67. The van der Waals surface area contributed by atoms with Crippen molar-refractivity contribution in [3.05, 3.63) is 65.7 Å². The molecule has 140 valence electrons. The van der Waals surface area contributed by atoms with Gasteiger partial charge in [-0.1, -0.05) is 18.2 Å². The van der Waals surface area contributed by atoms with Crippen molar-refractivity contribution in [1.82, 2.24) is 4.90 Å². The van der Waals surface area contributed by atoms with Gasteiger partial charge in [-0.05, 0) is 42.5 Å². The fourth-order valence-electron chi connectivity index (χ4n) is 2.66. The van der Waals surface area contributed by atoms with Crippen molar-refractivity contribution >= 4 is 18.0 Å². The lowest BCUT2D eigenvalue weighted by Crippen LogP contribution is -2.42. The molecule has 6 nitrogen and oxygen atoms in total. The zero-order chi connectivity index (χ0) is 19.1. The van der Waals surface area contributed by atoms with Gasteiger partial charge in [-0.3, -0.25) is 4.79 Å². The first-order chi connectivity index (χ1) is 13.2. The van der Waals surface area contributed by atoms with Crippen LogP contribution in [0, 0.1) is 0 Å². The Hall–Kier alpha value is -3.12. The maximum atomic E-state index is 12.3. The number of carbonyl (C=O) groups excluding carboxylic acids is 2. The fourth-order valence-corrected chi connectivity index (χ4v) is 2.66. The second-order valence-electron chi connectivity index (χ2n) is 5.93. The van der Waals surface area contributed by atoms with Crippen molar-refractivity contribution in [2.75, 3.05) is 33.4 Å². The van der Waals surface area contributed by atoms with Crippen molar-refractivity contribution in [2.24, 2.45) is 0 Å². The molecule has 2 aromatic rings. The molecule has 1 fully saturated rings. The first-order valence-electron chi connectivity index (χ1n) is 8.67. The summed E-state index contributed by atoms with van der Waals surface area (Å²) < 4.78 is 15.8. The van der Waals surface area contributed by atoms with Crippen LogP contribution < -0.4 is 9.47 Å². The molecule has 27 heavy (non-hydrogen) atoms. The van der Waals surface area contributed by atoms with Crippen LogP contribution in [0.5, 0.6) is 11.5 Å². The number of ether oxygens (including phenoxy) is 3. The van der Waals surface area contributed by atoms with E-state index >= 15 is 0 Å². The van der Waals surface area contributed by atoms with Gasteiger partial charge in [0.2, 0.25) is 0 Å². The minimum Gasteiger partial charge on any atom is -0.496 e. The third-order valence-electron chi connectivity index (χ3n) is 4.17. The van der Waals surface area contributed by atoms with E-state index in [2.05, 4.69) is 0 Å². The number of ketones is 1. The lowest BCUT2D eigenvalue weighted by molar-refractivity contribution is 0.0416. The lowest BCUT2D eigenvalue weighted by Gasteiger charge is -2.25. The lowest BCUT2D eigenvalue weighted by atomic mass is 10.1. The molecule has 1 amide bonds. The molecule has 1 heterocycles. The third-order valence-corrected chi connectivity index (χ3v) is 4.17. The normalized spacial score (nSPS) is 14.2. The Balaban J connectivity index is 1.61. The minimum absolute atomic E-state index is 0.146.